The molecule has 0 N–H and O–H groups in total. The van der Waals surface area contributed by atoms with Crippen LogP contribution in [0.2, 0.25) is 0 Å². The van der Waals surface area contributed by atoms with Crippen molar-refractivity contribution in [1.82, 2.24) is 14.7 Å². The molecule has 0 saturated carbocycles. The van der Waals surface area contributed by atoms with Gasteiger partial charge in [-0.05, 0) is 18.1 Å². The fourth-order valence-electron chi connectivity index (χ4n) is 2.10. The number of benzene rings is 1. The summed E-state index contributed by atoms with van der Waals surface area (Å²) in [5.41, 5.74) is 1.94. The largest absolute Gasteiger partial charge is 0.339 e. The van der Waals surface area contributed by atoms with Crippen LogP contribution in [0.15, 0.2) is 58.0 Å². The van der Waals surface area contributed by atoms with E-state index in [4.69, 9.17) is 4.52 Å². The molecule has 2 aromatic heterocycles. The number of nitrogens with zero attached hydrogens (tertiary/aromatic N) is 3. The molecule has 0 spiro atoms. The molecule has 0 aliphatic heterocycles. The molecule has 0 unspecified atom stereocenters. The number of aromatic nitrogens is 3. The van der Waals surface area contributed by atoms with Crippen LogP contribution in [0.3, 0.4) is 0 Å². The summed E-state index contributed by atoms with van der Waals surface area (Å²) in [5.74, 6) is 1.11. The molecule has 0 amide bonds. The Morgan fingerprint density at radius 3 is 2.67 bits per heavy atom. The molecule has 3 aromatic rings. The van der Waals surface area contributed by atoms with Gasteiger partial charge in [0.2, 0.25) is 17.3 Å². The Bertz CT molecular complexity index is 791. The first kappa shape index (κ1) is 13.3. The SMILES string of the molecule is Cn1cc(-c2noc(CCc3ccccc3)n2)ccc1=O. The molecule has 5 heteroatoms. The van der Waals surface area contributed by atoms with Gasteiger partial charge in [0.25, 0.3) is 0 Å². The Morgan fingerprint density at radius 1 is 1.10 bits per heavy atom. The van der Waals surface area contributed by atoms with Crippen LogP contribution in [-0.4, -0.2) is 14.7 Å². The van der Waals surface area contributed by atoms with Gasteiger partial charge in [-0.3, -0.25) is 4.79 Å². The van der Waals surface area contributed by atoms with Crippen LogP contribution in [0.25, 0.3) is 11.4 Å². The number of hydrogen-bond acceptors (Lipinski definition) is 4. The maximum absolute atomic E-state index is 11.4. The quantitative estimate of drug-likeness (QED) is 0.735. The van der Waals surface area contributed by atoms with E-state index in [1.807, 2.05) is 18.2 Å². The van der Waals surface area contributed by atoms with Crippen molar-refractivity contribution in [2.24, 2.45) is 7.05 Å². The van der Waals surface area contributed by atoms with E-state index in [1.165, 1.54) is 16.2 Å². The first-order valence-corrected chi connectivity index (χ1v) is 6.76. The number of pyridine rings is 1. The zero-order valence-corrected chi connectivity index (χ0v) is 11.7. The second kappa shape index (κ2) is 5.75. The van der Waals surface area contributed by atoms with Crippen LogP contribution in [0.5, 0.6) is 0 Å². The summed E-state index contributed by atoms with van der Waals surface area (Å²) in [6, 6.07) is 13.4. The predicted octanol–water partition coefficient (Wildman–Crippen LogP) is 2.22. The number of rotatable bonds is 4. The first-order valence-electron chi connectivity index (χ1n) is 6.76. The lowest BCUT2D eigenvalue weighted by Gasteiger charge is -1.98. The monoisotopic (exact) mass is 281 g/mol. The predicted molar refractivity (Wildman–Crippen MR) is 78.8 cm³/mol. The molecular formula is C16H15N3O2. The van der Waals surface area contributed by atoms with Crippen molar-refractivity contribution in [3.05, 3.63) is 70.5 Å². The molecule has 21 heavy (non-hydrogen) atoms. The summed E-state index contributed by atoms with van der Waals surface area (Å²) in [7, 11) is 1.70. The maximum Gasteiger partial charge on any atom is 0.250 e. The molecule has 3 rings (SSSR count). The highest BCUT2D eigenvalue weighted by molar-refractivity contribution is 5.52. The van der Waals surface area contributed by atoms with E-state index in [1.54, 1.807) is 19.3 Å². The standard InChI is InChI=1S/C16H15N3O2/c1-19-11-13(8-10-15(19)20)16-17-14(21-18-16)9-7-12-5-3-2-4-6-12/h2-6,8,10-11H,7,9H2,1H3. The van der Waals surface area contributed by atoms with Gasteiger partial charge in [-0.25, -0.2) is 0 Å². The van der Waals surface area contributed by atoms with E-state index in [0.29, 0.717) is 18.1 Å². The minimum atomic E-state index is -0.0634. The second-order valence-electron chi connectivity index (χ2n) is 4.86. The van der Waals surface area contributed by atoms with Gasteiger partial charge in [0.05, 0.1) is 0 Å². The van der Waals surface area contributed by atoms with Crippen LogP contribution in [0.1, 0.15) is 11.5 Å². The number of aryl methyl sites for hydroxylation is 3. The summed E-state index contributed by atoms with van der Waals surface area (Å²) < 4.78 is 6.76. The van der Waals surface area contributed by atoms with Gasteiger partial charge in [0.1, 0.15) is 0 Å². The van der Waals surface area contributed by atoms with Gasteiger partial charge >= 0.3 is 0 Å². The molecule has 0 fully saturated rings. The highest BCUT2D eigenvalue weighted by Crippen LogP contribution is 2.14. The van der Waals surface area contributed by atoms with Crippen molar-refractivity contribution in [3.8, 4) is 11.4 Å². The third-order valence-electron chi connectivity index (χ3n) is 3.28. The topological polar surface area (TPSA) is 60.9 Å². The lowest BCUT2D eigenvalue weighted by Crippen LogP contribution is -2.14. The highest BCUT2D eigenvalue weighted by Gasteiger charge is 2.09. The first-order chi connectivity index (χ1) is 10.2. The van der Waals surface area contributed by atoms with E-state index >= 15 is 0 Å². The third-order valence-corrected chi connectivity index (χ3v) is 3.28. The lowest BCUT2D eigenvalue weighted by atomic mass is 10.1. The smallest absolute Gasteiger partial charge is 0.250 e. The summed E-state index contributed by atoms with van der Waals surface area (Å²) >= 11 is 0. The third kappa shape index (κ3) is 3.08. The van der Waals surface area contributed by atoms with Crippen molar-refractivity contribution < 1.29 is 4.52 Å². The van der Waals surface area contributed by atoms with E-state index in [0.717, 1.165) is 12.0 Å². The van der Waals surface area contributed by atoms with Crippen LogP contribution in [-0.2, 0) is 19.9 Å². The van der Waals surface area contributed by atoms with Gasteiger partial charge in [-0.2, -0.15) is 4.98 Å². The Labute approximate surface area is 121 Å². The molecule has 0 atom stereocenters. The van der Waals surface area contributed by atoms with Gasteiger partial charge in [0.15, 0.2) is 0 Å². The Hall–Kier alpha value is -2.69. The molecular weight excluding hydrogens is 266 g/mol. The van der Waals surface area contributed by atoms with Gasteiger partial charge in [0, 0.05) is 31.3 Å². The normalized spacial score (nSPS) is 10.7. The van der Waals surface area contributed by atoms with Gasteiger partial charge in [-0.15, -0.1) is 0 Å². The minimum absolute atomic E-state index is 0.0634. The molecule has 1 aromatic carbocycles. The Balaban J connectivity index is 1.74. The summed E-state index contributed by atoms with van der Waals surface area (Å²) in [6.45, 7) is 0. The lowest BCUT2D eigenvalue weighted by molar-refractivity contribution is 0.379. The average Bonchev–Trinajstić information content (AvgIpc) is 2.98. The van der Waals surface area contributed by atoms with Crippen molar-refractivity contribution >= 4 is 0 Å². The summed E-state index contributed by atoms with van der Waals surface area (Å²) in [6.07, 6.45) is 3.26. The van der Waals surface area contributed by atoms with Crippen LogP contribution < -0.4 is 5.56 Å². The van der Waals surface area contributed by atoms with E-state index < -0.39 is 0 Å². The van der Waals surface area contributed by atoms with Crippen LogP contribution >= 0.6 is 0 Å². The molecule has 0 bridgehead atoms. The van der Waals surface area contributed by atoms with Crippen LogP contribution in [0.4, 0.5) is 0 Å². The van der Waals surface area contributed by atoms with Crippen molar-refractivity contribution in [2.75, 3.05) is 0 Å². The molecule has 2 heterocycles. The summed E-state index contributed by atoms with van der Waals surface area (Å²) in [4.78, 5) is 15.7. The molecule has 0 radical (unpaired) electrons. The van der Waals surface area contributed by atoms with E-state index in [2.05, 4.69) is 22.3 Å². The molecule has 5 nitrogen and oxygen atoms in total. The summed E-state index contributed by atoms with van der Waals surface area (Å²) in [5, 5.41) is 3.97. The Morgan fingerprint density at radius 2 is 1.90 bits per heavy atom. The zero-order chi connectivity index (χ0) is 14.7. The van der Waals surface area contributed by atoms with Crippen molar-refractivity contribution in [3.63, 3.8) is 0 Å². The fourth-order valence-corrected chi connectivity index (χ4v) is 2.10. The van der Waals surface area contributed by atoms with Crippen molar-refractivity contribution in [2.45, 2.75) is 12.8 Å². The zero-order valence-electron chi connectivity index (χ0n) is 11.7. The van der Waals surface area contributed by atoms with Gasteiger partial charge in [-0.1, -0.05) is 35.5 Å². The Kier molecular flexibility index (Phi) is 3.64. The fraction of sp³-hybridized carbons (Fsp3) is 0.188. The van der Waals surface area contributed by atoms with Gasteiger partial charge < -0.3 is 9.09 Å². The molecule has 0 aliphatic carbocycles. The minimum Gasteiger partial charge on any atom is -0.339 e. The maximum atomic E-state index is 11.4. The molecule has 106 valence electrons. The second-order valence-corrected chi connectivity index (χ2v) is 4.86. The number of hydrogen-bond donors (Lipinski definition) is 0. The molecule has 0 aliphatic rings. The highest BCUT2D eigenvalue weighted by atomic mass is 16.5. The van der Waals surface area contributed by atoms with Crippen molar-refractivity contribution in [1.29, 1.82) is 0 Å². The van der Waals surface area contributed by atoms with E-state index in [9.17, 15) is 4.79 Å². The van der Waals surface area contributed by atoms with Crippen LogP contribution in [0, 0.1) is 0 Å². The average molecular weight is 281 g/mol. The van der Waals surface area contributed by atoms with E-state index in [-0.39, 0.29) is 5.56 Å². The molecule has 0 saturated heterocycles.